The number of aliphatic hydroxyl groups is 1. The van der Waals surface area contributed by atoms with Crippen LogP contribution in [-0.4, -0.2) is 43.3 Å². The third-order valence-corrected chi connectivity index (χ3v) is 5.65. The summed E-state index contributed by atoms with van der Waals surface area (Å²) in [5.41, 5.74) is 5.31. The van der Waals surface area contributed by atoms with E-state index >= 15 is 0 Å². The molecule has 0 bridgehead atoms. The Hall–Kier alpha value is -2.61. The Kier molecular flexibility index (Phi) is 3.75. The van der Waals surface area contributed by atoms with Gasteiger partial charge < -0.3 is 21.3 Å². The highest BCUT2D eigenvalue weighted by Gasteiger charge is 2.50. The van der Waals surface area contributed by atoms with E-state index in [0.29, 0.717) is 24.0 Å². The van der Waals surface area contributed by atoms with Gasteiger partial charge in [-0.15, -0.1) is 0 Å². The van der Waals surface area contributed by atoms with Gasteiger partial charge in [-0.1, -0.05) is 13.8 Å². The molecule has 8 heteroatoms. The summed E-state index contributed by atoms with van der Waals surface area (Å²) in [6.07, 6.45) is 4.03. The lowest BCUT2D eigenvalue weighted by Crippen LogP contribution is -2.45. The van der Waals surface area contributed by atoms with Crippen molar-refractivity contribution in [2.75, 3.05) is 5.32 Å². The summed E-state index contributed by atoms with van der Waals surface area (Å²) in [4.78, 5) is 23.1. The molecule has 2 heterocycles. The van der Waals surface area contributed by atoms with Gasteiger partial charge in [0.15, 0.2) is 0 Å². The monoisotopic (exact) mass is 346 g/mol. The number of carbonyl (C=O) groups excluding carboxylic acids is 1. The number of aromatic nitrogens is 2. The van der Waals surface area contributed by atoms with Gasteiger partial charge in [0.1, 0.15) is 0 Å². The van der Waals surface area contributed by atoms with Crippen LogP contribution < -0.4 is 11.1 Å². The van der Waals surface area contributed by atoms with Crippen LogP contribution in [-0.2, 0) is 0 Å². The summed E-state index contributed by atoms with van der Waals surface area (Å²) in [6, 6.07) is 1.33. The van der Waals surface area contributed by atoms with Gasteiger partial charge >= 0.3 is 5.97 Å². The van der Waals surface area contributed by atoms with E-state index in [9.17, 15) is 19.8 Å². The molecule has 0 aliphatic heterocycles. The number of hydrogen-bond acceptors (Lipinski definition) is 5. The van der Waals surface area contributed by atoms with Crippen molar-refractivity contribution in [3.05, 3.63) is 29.6 Å². The number of amides is 1. The van der Waals surface area contributed by atoms with Crippen LogP contribution in [0.5, 0.6) is 0 Å². The first-order chi connectivity index (χ1) is 11.5. The third kappa shape index (κ3) is 2.62. The van der Waals surface area contributed by atoms with E-state index in [2.05, 4.69) is 10.4 Å². The minimum atomic E-state index is -1.08. The summed E-state index contributed by atoms with van der Waals surface area (Å²) >= 11 is 0. The predicted molar refractivity (Wildman–Crippen MR) is 91.7 cm³/mol. The predicted octanol–water partition coefficient (Wildman–Crippen LogP) is 1.48. The van der Waals surface area contributed by atoms with Crippen molar-refractivity contribution in [3.63, 3.8) is 0 Å². The van der Waals surface area contributed by atoms with E-state index in [-0.39, 0.29) is 17.2 Å². The number of nitrogens with zero attached hydrogens (tertiary/aromatic N) is 2. The molecule has 1 aliphatic carbocycles. The number of carbonyl (C=O) groups is 2. The van der Waals surface area contributed by atoms with Crippen LogP contribution in [0.4, 0.5) is 5.69 Å². The zero-order valence-electron chi connectivity index (χ0n) is 14.4. The highest BCUT2D eigenvalue weighted by atomic mass is 16.4. The number of nitrogens with one attached hydrogen (secondary N) is 1. The van der Waals surface area contributed by atoms with E-state index in [1.54, 1.807) is 6.92 Å². The van der Waals surface area contributed by atoms with Crippen molar-refractivity contribution in [3.8, 4) is 0 Å². The van der Waals surface area contributed by atoms with Gasteiger partial charge in [0.25, 0.3) is 5.91 Å². The minimum absolute atomic E-state index is 0.0647. The molecule has 5 N–H and O–H groups in total. The number of anilines is 1. The molecule has 0 saturated heterocycles. The standard InChI is InChI=1S/C17H22N4O4/c1-16(2)12(4-5-17(16,3)25)20-13-10(14(18)22)7-19-21-8-9(15(23)24)6-11(13)21/h6-8,12,20,25H,4-5H2,1-3H3,(H2,18,22)(H,23,24)/t12-,17+/m1/s1. The Morgan fingerprint density at radius 1 is 1.40 bits per heavy atom. The number of fused-ring (bicyclic) bond motifs is 1. The molecule has 8 nitrogen and oxygen atoms in total. The zero-order chi connectivity index (χ0) is 18.6. The fourth-order valence-corrected chi connectivity index (χ4v) is 3.42. The van der Waals surface area contributed by atoms with E-state index in [1.165, 1.54) is 23.0 Å². The minimum Gasteiger partial charge on any atom is -0.478 e. The normalized spacial score (nSPS) is 25.2. The summed E-state index contributed by atoms with van der Waals surface area (Å²) < 4.78 is 1.40. The maximum atomic E-state index is 11.8. The Labute approximate surface area is 144 Å². The van der Waals surface area contributed by atoms with Gasteiger partial charge in [-0.25, -0.2) is 9.31 Å². The van der Waals surface area contributed by atoms with Crippen molar-refractivity contribution in [1.82, 2.24) is 9.61 Å². The van der Waals surface area contributed by atoms with E-state index < -0.39 is 22.9 Å². The van der Waals surface area contributed by atoms with Crippen molar-refractivity contribution in [1.29, 1.82) is 0 Å². The van der Waals surface area contributed by atoms with Gasteiger partial charge in [0.2, 0.25) is 0 Å². The maximum absolute atomic E-state index is 11.8. The first kappa shape index (κ1) is 17.2. The topological polar surface area (TPSA) is 130 Å². The molecule has 1 aliphatic rings. The zero-order valence-corrected chi connectivity index (χ0v) is 14.4. The smallest absolute Gasteiger partial charge is 0.337 e. The number of aromatic carboxylic acids is 1. The number of primary amides is 1. The van der Waals surface area contributed by atoms with E-state index in [4.69, 9.17) is 5.73 Å². The van der Waals surface area contributed by atoms with Crippen LogP contribution >= 0.6 is 0 Å². The molecule has 1 amide bonds. The lowest BCUT2D eigenvalue weighted by Gasteiger charge is -2.38. The Morgan fingerprint density at radius 3 is 2.60 bits per heavy atom. The molecule has 1 saturated carbocycles. The van der Waals surface area contributed by atoms with E-state index in [1.807, 2.05) is 13.8 Å². The molecular formula is C17H22N4O4. The van der Waals surface area contributed by atoms with Crippen molar-refractivity contribution in [2.45, 2.75) is 45.3 Å². The molecule has 134 valence electrons. The maximum Gasteiger partial charge on any atom is 0.337 e. The fourth-order valence-electron chi connectivity index (χ4n) is 3.42. The number of rotatable bonds is 4. The number of hydrogen-bond donors (Lipinski definition) is 4. The quantitative estimate of drug-likeness (QED) is 0.663. The Bertz CT molecular complexity index is 869. The third-order valence-electron chi connectivity index (χ3n) is 5.65. The summed E-state index contributed by atoms with van der Waals surface area (Å²) in [7, 11) is 0. The average molecular weight is 346 g/mol. The molecule has 0 radical (unpaired) electrons. The second kappa shape index (κ2) is 5.45. The van der Waals surface area contributed by atoms with Crippen LogP contribution in [0.25, 0.3) is 5.52 Å². The van der Waals surface area contributed by atoms with Crippen molar-refractivity contribution < 1.29 is 19.8 Å². The van der Waals surface area contributed by atoms with Crippen LogP contribution in [0.3, 0.4) is 0 Å². The van der Waals surface area contributed by atoms with Crippen LogP contribution in [0.1, 0.15) is 54.3 Å². The van der Waals surface area contributed by atoms with Crippen LogP contribution in [0, 0.1) is 5.41 Å². The first-order valence-electron chi connectivity index (χ1n) is 8.08. The molecule has 2 aromatic heterocycles. The molecule has 2 aromatic rings. The molecule has 0 aromatic carbocycles. The van der Waals surface area contributed by atoms with Gasteiger partial charge in [-0.05, 0) is 25.8 Å². The van der Waals surface area contributed by atoms with Crippen molar-refractivity contribution in [2.24, 2.45) is 11.1 Å². The molecule has 3 rings (SSSR count). The first-order valence-corrected chi connectivity index (χ1v) is 8.08. The Morgan fingerprint density at radius 2 is 2.08 bits per heavy atom. The number of carboxylic acid groups (broad SMARTS) is 1. The van der Waals surface area contributed by atoms with Gasteiger partial charge in [0.05, 0.1) is 34.1 Å². The molecular weight excluding hydrogens is 324 g/mol. The lowest BCUT2D eigenvalue weighted by atomic mass is 9.76. The summed E-state index contributed by atoms with van der Waals surface area (Å²) in [6.45, 7) is 5.72. The van der Waals surface area contributed by atoms with E-state index in [0.717, 1.165) is 0 Å². The molecule has 2 atom stereocenters. The second-order valence-corrected chi connectivity index (χ2v) is 7.39. The van der Waals surface area contributed by atoms with Gasteiger partial charge in [-0.3, -0.25) is 4.79 Å². The fraction of sp³-hybridized carbons (Fsp3) is 0.471. The number of carboxylic acids is 1. The van der Waals surface area contributed by atoms with Crippen molar-refractivity contribution >= 4 is 23.1 Å². The summed E-state index contributed by atoms with van der Waals surface area (Å²) in [5.74, 6) is -1.74. The lowest BCUT2D eigenvalue weighted by molar-refractivity contribution is -0.0283. The Balaban J connectivity index is 2.12. The van der Waals surface area contributed by atoms with Gasteiger partial charge in [-0.2, -0.15) is 5.10 Å². The number of nitrogens with two attached hydrogens (primary N) is 1. The van der Waals surface area contributed by atoms with Crippen LogP contribution in [0.2, 0.25) is 0 Å². The second-order valence-electron chi connectivity index (χ2n) is 7.39. The van der Waals surface area contributed by atoms with Gasteiger partial charge in [0, 0.05) is 17.7 Å². The molecule has 0 spiro atoms. The van der Waals surface area contributed by atoms with Crippen LogP contribution in [0.15, 0.2) is 18.5 Å². The highest BCUT2D eigenvalue weighted by molar-refractivity contribution is 6.03. The summed E-state index contributed by atoms with van der Waals surface area (Å²) in [5, 5.41) is 27.2. The highest BCUT2D eigenvalue weighted by Crippen LogP contribution is 2.47. The average Bonchev–Trinajstić information content (AvgIpc) is 3.02. The largest absolute Gasteiger partial charge is 0.478 e. The molecule has 0 unspecified atom stereocenters. The molecule has 25 heavy (non-hydrogen) atoms. The molecule has 1 fully saturated rings. The SMILES string of the molecule is CC1(C)[C@H](Nc2c(C(N)=O)cnn3cc(C(=O)O)cc23)CC[C@]1(C)O.